The van der Waals surface area contributed by atoms with Gasteiger partial charge in [-0.25, -0.2) is 19.3 Å². The van der Waals surface area contributed by atoms with Crippen molar-refractivity contribution in [3.05, 3.63) is 91.0 Å². The number of urea groups is 3. The number of imide groups is 1. The van der Waals surface area contributed by atoms with E-state index in [9.17, 15) is 14.4 Å². The highest BCUT2D eigenvalue weighted by Gasteiger charge is 2.44. The van der Waals surface area contributed by atoms with Crippen LogP contribution >= 0.6 is 12.2 Å². The van der Waals surface area contributed by atoms with Crippen LogP contribution in [0.5, 0.6) is 0 Å². The first-order chi connectivity index (χ1) is 15.5. The Morgan fingerprint density at radius 2 is 1.25 bits per heavy atom. The Bertz CT molecular complexity index is 1200. The van der Waals surface area contributed by atoms with Crippen LogP contribution in [0.4, 0.5) is 31.4 Å². The zero-order chi connectivity index (χ0) is 22.5. The normalized spacial score (nSPS) is 14.6. The van der Waals surface area contributed by atoms with Crippen LogP contribution in [0.2, 0.25) is 0 Å². The number of nitrogens with zero attached hydrogens (tertiary/aromatic N) is 3. The summed E-state index contributed by atoms with van der Waals surface area (Å²) in [5.74, 6) is -0.118. The molecule has 4 rings (SSSR count). The number of amidine groups is 1. The lowest BCUT2D eigenvalue weighted by Crippen LogP contribution is -2.40. The van der Waals surface area contributed by atoms with Crippen LogP contribution in [-0.4, -0.2) is 33.8 Å². The molecule has 1 saturated heterocycles. The second kappa shape index (κ2) is 9.19. The van der Waals surface area contributed by atoms with E-state index >= 15 is 0 Å². The summed E-state index contributed by atoms with van der Waals surface area (Å²) in [7, 11) is 0. The van der Waals surface area contributed by atoms with Gasteiger partial charge >= 0.3 is 18.1 Å². The molecule has 0 bridgehead atoms. The molecule has 0 saturated carbocycles. The third-order valence-electron chi connectivity index (χ3n) is 4.46. The third kappa shape index (κ3) is 4.37. The van der Waals surface area contributed by atoms with Gasteiger partial charge in [-0.05, 0) is 36.4 Å². The molecule has 1 fully saturated rings. The van der Waals surface area contributed by atoms with Gasteiger partial charge in [0.05, 0.1) is 5.69 Å². The number of hydrogen-bond acceptors (Lipinski definition) is 4. The van der Waals surface area contributed by atoms with Crippen LogP contribution < -0.4 is 15.5 Å². The number of thiocarbonyl (C=S) groups is 1. The summed E-state index contributed by atoms with van der Waals surface area (Å²) in [4.78, 5) is 44.3. The Hall–Kier alpha value is -4.37. The Labute approximate surface area is 189 Å². The SMILES string of the molecule is O=C(/N=C1\C(=S)N(C(=O)Nc2ccccc2)C(=O)N1c1ccccc1)Nc1ccccc1. The number of rotatable bonds is 3. The van der Waals surface area contributed by atoms with Crippen LogP contribution in [-0.2, 0) is 0 Å². The number of hydrogen-bond donors (Lipinski definition) is 2. The maximum atomic E-state index is 13.2. The van der Waals surface area contributed by atoms with Crippen molar-refractivity contribution >= 4 is 58.2 Å². The molecule has 0 unspecified atom stereocenters. The van der Waals surface area contributed by atoms with Gasteiger partial charge in [0.1, 0.15) is 0 Å². The largest absolute Gasteiger partial charge is 0.347 e. The van der Waals surface area contributed by atoms with E-state index in [0.717, 1.165) is 9.80 Å². The Kier molecular flexibility index (Phi) is 6.00. The minimum absolute atomic E-state index is 0.118. The maximum absolute atomic E-state index is 13.2. The summed E-state index contributed by atoms with van der Waals surface area (Å²) in [6.07, 6.45) is 0. The van der Waals surface area contributed by atoms with Gasteiger partial charge in [0.25, 0.3) is 0 Å². The molecule has 3 aromatic carbocycles. The summed E-state index contributed by atoms with van der Waals surface area (Å²) in [5, 5.41) is 5.24. The quantitative estimate of drug-likeness (QED) is 0.550. The molecule has 0 aliphatic carbocycles. The first-order valence-electron chi connectivity index (χ1n) is 9.59. The van der Waals surface area contributed by atoms with E-state index in [1.165, 1.54) is 0 Å². The lowest BCUT2D eigenvalue weighted by molar-refractivity contribution is 0.221. The lowest BCUT2D eigenvalue weighted by atomic mass is 10.3. The Morgan fingerprint density at radius 3 is 1.81 bits per heavy atom. The fourth-order valence-electron chi connectivity index (χ4n) is 3.03. The minimum Gasteiger partial charge on any atom is -0.307 e. The molecular weight excluding hydrogens is 426 g/mol. The predicted octanol–water partition coefficient (Wildman–Crippen LogP) is 5.12. The molecule has 1 heterocycles. The minimum atomic E-state index is -0.749. The molecule has 0 spiro atoms. The van der Waals surface area contributed by atoms with E-state index in [1.54, 1.807) is 84.9 Å². The second-order valence-corrected chi connectivity index (χ2v) is 7.01. The Balaban J connectivity index is 1.66. The molecule has 0 aromatic heterocycles. The lowest BCUT2D eigenvalue weighted by Gasteiger charge is -2.16. The molecule has 2 N–H and O–H groups in total. The van der Waals surface area contributed by atoms with E-state index in [4.69, 9.17) is 12.2 Å². The van der Waals surface area contributed by atoms with Crippen LogP contribution in [0, 0.1) is 0 Å². The van der Waals surface area contributed by atoms with Crippen LogP contribution in [0.1, 0.15) is 0 Å². The summed E-state index contributed by atoms with van der Waals surface area (Å²) < 4.78 is 0. The number of nitrogens with one attached hydrogen (secondary N) is 2. The molecule has 3 aromatic rings. The summed E-state index contributed by atoms with van der Waals surface area (Å²) >= 11 is 5.38. The first-order valence-corrected chi connectivity index (χ1v) is 10.00. The van der Waals surface area contributed by atoms with E-state index in [1.807, 2.05) is 6.07 Å². The van der Waals surface area contributed by atoms with Gasteiger partial charge in [-0.15, -0.1) is 0 Å². The summed E-state index contributed by atoms with van der Waals surface area (Å²) in [6, 6.07) is 23.7. The zero-order valence-electron chi connectivity index (χ0n) is 16.6. The van der Waals surface area contributed by atoms with Gasteiger partial charge in [0.2, 0.25) is 0 Å². The van der Waals surface area contributed by atoms with Crippen molar-refractivity contribution < 1.29 is 14.4 Å². The van der Waals surface area contributed by atoms with Crippen molar-refractivity contribution in [2.75, 3.05) is 15.5 Å². The van der Waals surface area contributed by atoms with Gasteiger partial charge < -0.3 is 10.6 Å². The van der Waals surface area contributed by atoms with E-state index in [-0.39, 0.29) is 10.8 Å². The predicted molar refractivity (Wildman–Crippen MR) is 127 cm³/mol. The highest BCUT2D eigenvalue weighted by Crippen LogP contribution is 2.25. The van der Waals surface area contributed by atoms with Crippen LogP contribution in [0.3, 0.4) is 0 Å². The molecule has 8 nitrogen and oxygen atoms in total. The van der Waals surface area contributed by atoms with Crippen LogP contribution in [0.15, 0.2) is 96.0 Å². The number of carbonyl (C=O) groups is 3. The van der Waals surface area contributed by atoms with Crippen molar-refractivity contribution in [3.8, 4) is 0 Å². The van der Waals surface area contributed by atoms with Crippen molar-refractivity contribution in [1.82, 2.24) is 4.90 Å². The molecule has 0 atom stereocenters. The molecule has 158 valence electrons. The van der Waals surface area contributed by atoms with Gasteiger partial charge in [-0.3, -0.25) is 0 Å². The number of carbonyl (C=O) groups excluding carboxylic acids is 3. The van der Waals surface area contributed by atoms with Crippen molar-refractivity contribution in [3.63, 3.8) is 0 Å². The van der Waals surface area contributed by atoms with E-state index in [2.05, 4.69) is 15.6 Å². The summed E-state index contributed by atoms with van der Waals surface area (Å²) in [5.41, 5.74) is 1.44. The number of para-hydroxylation sites is 3. The number of benzene rings is 3. The smallest absolute Gasteiger partial charge is 0.307 e. The fourth-order valence-corrected chi connectivity index (χ4v) is 3.33. The third-order valence-corrected chi connectivity index (χ3v) is 4.83. The maximum Gasteiger partial charge on any atom is 0.347 e. The number of amides is 6. The highest BCUT2D eigenvalue weighted by molar-refractivity contribution is 7.82. The van der Waals surface area contributed by atoms with Gasteiger partial charge in [0, 0.05) is 11.4 Å². The average molecular weight is 443 g/mol. The molecule has 32 heavy (non-hydrogen) atoms. The zero-order valence-corrected chi connectivity index (χ0v) is 17.5. The van der Waals surface area contributed by atoms with E-state index in [0.29, 0.717) is 17.1 Å². The number of aliphatic imine (C=N–C) groups is 1. The standard InChI is InChI=1S/C23H17N5O3S/c29-21(24-16-10-4-1-5-11-16)26-19-20(32)28(22(30)25-17-12-6-2-7-13-17)23(31)27(19)18-14-8-3-9-15-18/h1-15H,(H,24,29)(H,25,30)/b26-19+. The average Bonchev–Trinajstić information content (AvgIpc) is 3.05. The molecular formula is C23H17N5O3S. The fraction of sp³-hybridized carbons (Fsp3) is 0. The summed E-state index contributed by atoms with van der Waals surface area (Å²) in [6.45, 7) is 0. The monoisotopic (exact) mass is 443 g/mol. The molecule has 0 radical (unpaired) electrons. The number of anilines is 3. The second-order valence-electron chi connectivity index (χ2n) is 6.62. The molecule has 6 amide bonds. The first kappa shape index (κ1) is 20.9. The van der Waals surface area contributed by atoms with Gasteiger partial charge in [-0.1, -0.05) is 66.8 Å². The van der Waals surface area contributed by atoms with E-state index < -0.39 is 18.1 Å². The van der Waals surface area contributed by atoms with Gasteiger partial charge in [0.15, 0.2) is 10.8 Å². The highest BCUT2D eigenvalue weighted by atomic mass is 32.1. The van der Waals surface area contributed by atoms with Crippen molar-refractivity contribution in [2.24, 2.45) is 4.99 Å². The molecule has 9 heteroatoms. The van der Waals surface area contributed by atoms with Crippen LogP contribution in [0.25, 0.3) is 0 Å². The van der Waals surface area contributed by atoms with Crippen molar-refractivity contribution in [2.45, 2.75) is 0 Å². The molecule has 1 aliphatic rings. The van der Waals surface area contributed by atoms with Gasteiger partial charge in [-0.2, -0.15) is 9.89 Å². The molecule has 1 aliphatic heterocycles. The topological polar surface area (TPSA) is 94.1 Å². The van der Waals surface area contributed by atoms with Crippen molar-refractivity contribution in [1.29, 1.82) is 0 Å². The Morgan fingerprint density at radius 1 is 0.750 bits per heavy atom.